The first-order valence-corrected chi connectivity index (χ1v) is 4.58. The smallest absolute Gasteiger partial charge is 0.191 e. The predicted octanol–water partition coefficient (Wildman–Crippen LogP) is 2.54. The molecule has 0 atom stereocenters. The number of aryl methyl sites for hydroxylation is 2. The molecule has 2 aromatic rings. The Labute approximate surface area is 90.1 Å². The number of nitrogens with zero attached hydrogens (tertiary/aromatic N) is 3. The molecule has 0 aromatic carbocycles. The standard InChI is InChI=1S/C9H7ClFN3O/c1-4-7(11)8(10)14-9(12-4)6-3-15-5(2)13-6/h3H,1-2H3. The zero-order valence-electron chi connectivity index (χ0n) is 8.08. The van der Waals surface area contributed by atoms with Gasteiger partial charge in [0.25, 0.3) is 0 Å². The number of hydrogen-bond acceptors (Lipinski definition) is 4. The van der Waals surface area contributed by atoms with Crippen LogP contribution in [0.4, 0.5) is 4.39 Å². The first kappa shape index (κ1) is 10.0. The number of hydrogen-bond donors (Lipinski definition) is 0. The molecule has 0 spiro atoms. The molecule has 0 saturated carbocycles. The zero-order valence-corrected chi connectivity index (χ0v) is 8.84. The Morgan fingerprint density at radius 2 is 2.00 bits per heavy atom. The Hall–Kier alpha value is -1.49. The molecule has 0 bridgehead atoms. The Morgan fingerprint density at radius 1 is 1.27 bits per heavy atom. The van der Waals surface area contributed by atoms with Gasteiger partial charge in [-0.25, -0.2) is 19.3 Å². The van der Waals surface area contributed by atoms with Gasteiger partial charge < -0.3 is 4.42 Å². The molecule has 0 aliphatic carbocycles. The highest BCUT2D eigenvalue weighted by Crippen LogP contribution is 2.20. The van der Waals surface area contributed by atoms with Crippen molar-refractivity contribution in [1.82, 2.24) is 15.0 Å². The van der Waals surface area contributed by atoms with E-state index >= 15 is 0 Å². The van der Waals surface area contributed by atoms with E-state index < -0.39 is 5.82 Å². The average Bonchev–Trinajstić information content (AvgIpc) is 2.60. The highest BCUT2D eigenvalue weighted by molar-refractivity contribution is 6.29. The van der Waals surface area contributed by atoms with Crippen molar-refractivity contribution in [3.8, 4) is 11.5 Å². The van der Waals surface area contributed by atoms with Crippen molar-refractivity contribution in [2.24, 2.45) is 0 Å². The monoisotopic (exact) mass is 227 g/mol. The fourth-order valence-electron chi connectivity index (χ4n) is 1.10. The van der Waals surface area contributed by atoms with Crippen LogP contribution >= 0.6 is 11.6 Å². The van der Waals surface area contributed by atoms with Crippen LogP contribution in [0.25, 0.3) is 11.5 Å². The molecule has 0 radical (unpaired) electrons. The maximum absolute atomic E-state index is 13.1. The van der Waals surface area contributed by atoms with E-state index in [1.165, 1.54) is 13.2 Å². The molecule has 2 rings (SSSR count). The summed E-state index contributed by atoms with van der Waals surface area (Å²) < 4.78 is 18.1. The van der Waals surface area contributed by atoms with Gasteiger partial charge in [-0.05, 0) is 6.92 Å². The molecular weight excluding hydrogens is 221 g/mol. The maximum atomic E-state index is 13.1. The van der Waals surface area contributed by atoms with E-state index in [2.05, 4.69) is 15.0 Å². The van der Waals surface area contributed by atoms with Crippen molar-refractivity contribution in [1.29, 1.82) is 0 Å². The van der Waals surface area contributed by atoms with E-state index in [0.717, 1.165) is 0 Å². The summed E-state index contributed by atoms with van der Waals surface area (Å²) in [5.74, 6) is 0.142. The van der Waals surface area contributed by atoms with Crippen molar-refractivity contribution in [2.45, 2.75) is 13.8 Å². The van der Waals surface area contributed by atoms with Gasteiger partial charge in [-0.1, -0.05) is 11.6 Å². The summed E-state index contributed by atoms with van der Waals surface area (Å²) in [7, 11) is 0. The van der Waals surface area contributed by atoms with Gasteiger partial charge in [-0.3, -0.25) is 0 Å². The number of aromatic nitrogens is 3. The topological polar surface area (TPSA) is 51.8 Å². The van der Waals surface area contributed by atoms with Crippen molar-refractivity contribution < 1.29 is 8.81 Å². The molecule has 15 heavy (non-hydrogen) atoms. The van der Waals surface area contributed by atoms with E-state index in [1.54, 1.807) is 6.92 Å². The van der Waals surface area contributed by atoms with Crippen LogP contribution in [0.3, 0.4) is 0 Å². The van der Waals surface area contributed by atoms with E-state index in [1.807, 2.05) is 0 Å². The third-order valence-electron chi connectivity index (χ3n) is 1.82. The normalized spacial score (nSPS) is 10.7. The summed E-state index contributed by atoms with van der Waals surface area (Å²) in [4.78, 5) is 11.7. The highest BCUT2D eigenvalue weighted by Gasteiger charge is 2.13. The minimum atomic E-state index is -0.611. The molecule has 0 aliphatic rings. The summed E-state index contributed by atoms with van der Waals surface area (Å²) in [6.45, 7) is 3.21. The zero-order chi connectivity index (χ0) is 11.0. The van der Waals surface area contributed by atoms with Gasteiger partial charge in [0.15, 0.2) is 22.7 Å². The summed E-state index contributed by atoms with van der Waals surface area (Å²) in [5, 5.41) is -0.210. The van der Waals surface area contributed by atoms with Crippen LogP contribution in [0.1, 0.15) is 11.6 Å². The van der Waals surface area contributed by atoms with E-state index in [-0.39, 0.29) is 16.7 Å². The van der Waals surface area contributed by atoms with Crippen LogP contribution < -0.4 is 0 Å². The Bertz CT molecular complexity index is 489. The SMILES string of the molecule is Cc1nc(-c2nc(C)c(F)c(Cl)n2)co1. The molecule has 0 unspecified atom stereocenters. The van der Waals surface area contributed by atoms with Crippen LogP contribution in [0, 0.1) is 19.7 Å². The predicted molar refractivity (Wildman–Crippen MR) is 52.0 cm³/mol. The number of rotatable bonds is 1. The summed E-state index contributed by atoms with van der Waals surface area (Å²) in [6, 6.07) is 0. The second kappa shape index (κ2) is 3.58. The van der Waals surface area contributed by atoms with Crippen molar-refractivity contribution in [2.75, 3.05) is 0 Å². The van der Waals surface area contributed by atoms with E-state index in [0.29, 0.717) is 11.6 Å². The Morgan fingerprint density at radius 3 is 2.53 bits per heavy atom. The van der Waals surface area contributed by atoms with Gasteiger partial charge in [0.2, 0.25) is 0 Å². The molecule has 0 aliphatic heterocycles. The van der Waals surface area contributed by atoms with E-state index in [9.17, 15) is 4.39 Å². The molecule has 2 heterocycles. The molecule has 0 saturated heterocycles. The van der Waals surface area contributed by atoms with Crippen LogP contribution in [0.2, 0.25) is 5.15 Å². The molecule has 0 N–H and O–H groups in total. The van der Waals surface area contributed by atoms with Gasteiger partial charge in [-0.2, -0.15) is 0 Å². The van der Waals surface area contributed by atoms with Crippen LogP contribution in [0.15, 0.2) is 10.7 Å². The minimum absolute atomic E-state index is 0.186. The van der Waals surface area contributed by atoms with Gasteiger partial charge in [0.05, 0.1) is 5.69 Å². The molecule has 2 aromatic heterocycles. The maximum Gasteiger partial charge on any atom is 0.191 e. The van der Waals surface area contributed by atoms with Gasteiger partial charge in [0.1, 0.15) is 12.0 Å². The lowest BCUT2D eigenvalue weighted by atomic mass is 10.4. The van der Waals surface area contributed by atoms with Gasteiger partial charge >= 0.3 is 0 Å². The highest BCUT2D eigenvalue weighted by atomic mass is 35.5. The second-order valence-corrected chi connectivity index (χ2v) is 3.35. The second-order valence-electron chi connectivity index (χ2n) is 2.99. The third-order valence-corrected chi connectivity index (χ3v) is 2.07. The van der Waals surface area contributed by atoms with Crippen LogP contribution in [0.5, 0.6) is 0 Å². The molecule has 78 valence electrons. The lowest BCUT2D eigenvalue weighted by Crippen LogP contribution is -1.97. The summed E-state index contributed by atoms with van der Waals surface area (Å²) >= 11 is 5.59. The summed E-state index contributed by atoms with van der Waals surface area (Å²) in [6.07, 6.45) is 1.40. The summed E-state index contributed by atoms with van der Waals surface area (Å²) in [5.41, 5.74) is 0.628. The average molecular weight is 228 g/mol. The third kappa shape index (κ3) is 1.83. The van der Waals surface area contributed by atoms with Crippen molar-refractivity contribution >= 4 is 11.6 Å². The lowest BCUT2D eigenvalue weighted by molar-refractivity contribution is 0.521. The quantitative estimate of drug-likeness (QED) is 0.703. The Kier molecular flexibility index (Phi) is 2.40. The van der Waals surface area contributed by atoms with Crippen molar-refractivity contribution in [3.63, 3.8) is 0 Å². The van der Waals surface area contributed by atoms with E-state index in [4.69, 9.17) is 16.0 Å². The van der Waals surface area contributed by atoms with Gasteiger partial charge in [-0.15, -0.1) is 0 Å². The van der Waals surface area contributed by atoms with Gasteiger partial charge in [0, 0.05) is 6.92 Å². The molecular formula is C9H7ClFN3O. The number of oxazole rings is 1. The lowest BCUT2D eigenvalue weighted by Gasteiger charge is -2.00. The molecule has 0 fully saturated rings. The first-order valence-electron chi connectivity index (χ1n) is 4.20. The Balaban J connectivity index is 2.55. The largest absolute Gasteiger partial charge is 0.449 e. The fourth-order valence-corrected chi connectivity index (χ4v) is 1.32. The van der Waals surface area contributed by atoms with Crippen LogP contribution in [-0.2, 0) is 0 Å². The molecule has 4 nitrogen and oxygen atoms in total. The molecule has 6 heteroatoms. The number of halogens is 2. The fraction of sp³-hybridized carbons (Fsp3) is 0.222. The van der Waals surface area contributed by atoms with Crippen molar-refractivity contribution in [3.05, 3.63) is 28.8 Å². The minimum Gasteiger partial charge on any atom is -0.449 e. The molecule has 0 amide bonds. The van der Waals surface area contributed by atoms with Crippen LogP contribution in [-0.4, -0.2) is 15.0 Å². The first-order chi connectivity index (χ1) is 7.08.